The molecule has 0 aromatic heterocycles. The molecule has 20 heavy (non-hydrogen) atoms. The SMILES string of the molecule is CC1=C(C)C(=O)N(Cc2ccccc2CC(=O)O)C1=O. The van der Waals surface area contributed by atoms with Crippen LogP contribution in [-0.4, -0.2) is 27.8 Å². The first-order valence-electron chi connectivity index (χ1n) is 6.24. The Bertz CT molecular complexity index is 607. The Balaban J connectivity index is 2.26. The van der Waals surface area contributed by atoms with Gasteiger partial charge in [0.25, 0.3) is 11.8 Å². The molecular weight excluding hydrogens is 258 g/mol. The lowest BCUT2D eigenvalue weighted by atomic mass is 10.0. The Labute approximate surface area is 116 Å². The lowest BCUT2D eigenvalue weighted by Crippen LogP contribution is -2.31. The van der Waals surface area contributed by atoms with E-state index in [2.05, 4.69) is 0 Å². The van der Waals surface area contributed by atoms with E-state index in [4.69, 9.17) is 5.11 Å². The summed E-state index contributed by atoms with van der Waals surface area (Å²) in [6, 6.07) is 6.94. The molecular formula is C15H15NO4. The molecule has 0 unspecified atom stereocenters. The molecule has 0 saturated carbocycles. The van der Waals surface area contributed by atoms with Crippen molar-refractivity contribution in [3.63, 3.8) is 0 Å². The lowest BCUT2D eigenvalue weighted by molar-refractivity contribution is -0.138. The van der Waals surface area contributed by atoms with Crippen LogP contribution >= 0.6 is 0 Å². The van der Waals surface area contributed by atoms with Crippen molar-refractivity contribution in [2.24, 2.45) is 0 Å². The second kappa shape index (κ2) is 5.28. The summed E-state index contributed by atoms with van der Waals surface area (Å²) in [5, 5.41) is 8.88. The molecule has 2 rings (SSSR count). The average Bonchev–Trinajstić information content (AvgIpc) is 2.58. The van der Waals surface area contributed by atoms with Crippen molar-refractivity contribution >= 4 is 17.8 Å². The largest absolute Gasteiger partial charge is 0.481 e. The number of carbonyl (C=O) groups excluding carboxylic acids is 2. The predicted octanol–water partition coefficient (Wildman–Crippen LogP) is 1.52. The van der Waals surface area contributed by atoms with E-state index in [0.717, 1.165) is 4.90 Å². The summed E-state index contributed by atoms with van der Waals surface area (Å²) in [5.74, 6) is -1.56. The molecule has 0 aliphatic carbocycles. The maximum Gasteiger partial charge on any atom is 0.307 e. The van der Waals surface area contributed by atoms with E-state index in [-0.39, 0.29) is 24.8 Å². The highest BCUT2D eigenvalue weighted by Gasteiger charge is 2.33. The molecule has 2 amide bonds. The highest BCUT2D eigenvalue weighted by molar-refractivity contribution is 6.18. The molecule has 5 nitrogen and oxygen atoms in total. The number of benzene rings is 1. The topological polar surface area (TPSA) is 74.7 Å². The third-order valence-electron chi connectivity index (χ3n) is 3.48. The fraction of sp³-hybridized carbons (Fsp3) is 0.267. The van der Waals surface area contributed by atoms with Crippen molar-refractivity contribution in [1.29, 1.82) is 0 Å². The second-order valence-electron chi connectivity index (χ2n) is 4.79. The van der Waals surface area contributed by atoms with E-state index in [1.165, 1.54) is 0 Å². The molecule has 1 aromatic rings. The molecule has 1 aromatic carbocycles. The van der Waals surface area contributed by atoms with Crippen LogP contribution in [0.25, 0.3) is 0 Å². The summed E-state index contributed by atoms with van der Waals surface area (Å²) in [7, 11) is 0. The molecule has 0 atom stereocenters. The number of carboxylic acid groups (broad SMARTS) is 1. The number of carbonyl (C=O) groups is 3. The number of hydrogen-bond donors (Lipinski definition) is 1. The van der Waals surface area contributed by atoms with Crippen molar-refractivity contribution in [2.45, 2.75) is 26.8 Å². The number of imide groups is 1. The zero-order valence-corrected chi connectivity index (χ0v) is 11.3. The van der Waals surface area contributed by atoms with Gasteiger partial charge in [-0.1, -0.05) is 24.3 Å². The van der Waals surface area contributed by atoms with Crippen molar-refractivity contribution in [3.05, 3.63) is 46.5 Å². The second-order valence-corrected chi connectivity index (χ2v) is 4.79. The highest BCUT2D eigenvalue weighted by Crippen LogP contribution is 2.23. The quantitative estimate of drug-likeness (QED) is 0.844. The summed E-state index contributed by atoms with van der Waals surface area (Å²) < 4.78 is 0. The number of amides is 2. The average molecular weight is 273 g/mol. The molecule has 1 N–H and O–H groups in total. The van der Waals surface area contributed by atoms with Crippen molar-refractivity contribution in [1.82, 2.24) is 4.90 Å². The van der Waals surface area contributed by atoms with Crippen LogP contribution in [0.3, 0.4) is 0 Å². The van der Waals surface area contributed by atoms with Gasteiger partial charge in [0.2, 0.25) is 0 Å². The Kier molecular flexibility index (Phi) is 3.70. The molecule has 1 heterocycles. The first-order chi connectivity index (χ1) is 9.41. The van der Waals surface area contributed by atoms with E-state index in [1.54, 1.807) is 38.1 Å². The Morgan fingerprint density at radius 2 is 1.55 bits per heavy atom. The van der Waals surface area contributed by atoms with Gasteiger partial charge in [0.05, 0.1) is 13.0 Å². The monoisotopic (exact) mass is 273 g/mol. The first kappa shape index (κ1) is 14.0. The van der Waals surface area contributed by atoms with Crippen molar-refractivity contribution in [3.8, 4) is 0 Å². The van der Waals surface area contributed by atoms with Crippen LogP contribution in [0.4, 0.5) is 0 Å². The fourth-order valence-electron chi connectivity index (χ4n) is 2.18. The van der Waals surface area contributed by atoms with Gasteiger partial charge >= 0.3 is 5.97 Å². The number of rotatable bonds is 4. The van der Waals surface area contributed by atoms with Gasteiger partial charge in [-0.2, -0.15) is 0 Å². The Morgan fingerprint density at radius 3 is 2.05 bits per heavy atom. The molecule has 0 bridgehead atoms. The Hall–Kier alpha value is -2.43. The Morgan fingerprint density at radius 1 is 1.05 bits per heavy atom. The predicted molar refractivity (Wildman–Crippen MR) is 71.7 cm³/mol. The van der Waals surface area contributed by atoms with Crippen LogP contribution in [0.15, 0.2) is 35.4 Å². The van der Waals surface area contributed by atoms with Crippen molar-refractivity contribution in [2.75, 3.05) is 0 Å². The zero-order valence-electron chi connectivity index (χ0n) is 11.3. The summed E-state index contributed by atoms with van der Waals surface area (Å²) in [6.45, 7) is 3.35. The van der Waals surface area contributed by atoms with Gasteiger partial charge in [-0.3, -0.25) is 19.3 Å². The van der Waals surface area contributed by atoms with Crippen LogP contribution in [0.5, 0.6) is 0 Å². The molecule has 5 heteroatoms. The van der Waals surface area contributed by atoms with Crippen LogP contribution in [0.1, 0.15) is 25.0 Å². The number of nitrogens with zero attached hydrogens (tertiary/aromatic N) is 1. The summed E-state index contributed by atoms with van der Waals surface area (Å²) in [6.07, 6.45) is -0.127. The van der Waals surface area contributed by atoms with Gasteiger partial charge in [0.15, 0.2) is 0 Å². The summed E-state index contributed by atoms with van der Waals surface area (Å²) >= 11 is 0. The number of carboxylic acids is 1. The number of hydrogen-bond acceptors (Lipinski definition) is 3. The molecule has 0 saturated heterocycles. The third kappa shape index (κ3) is 2.47. The maximum absolute atomic E-state index is 12.0. The van der Waals surface area contributed by atoms with Crippen LogP contribution in [0, 0.1) is 0 Å². The van der Waals surface area contributed by atoms with Gasteiger partial charge in [-0.15, -0.1) is 0 Å². The minimum atomic E-state index is -0.943. The van der Waals surface area contributed by atoms with Crippen molar-refractivity contribution < 1.29 is 19.5 Å². The van der Waals surface area contributed by atoms with E-state index in [1.807, 2.05) is 0 Å². The molecule has 0 radical (unpaired) electrons. The zero-order chi connectivity index (χ0) is 14.9. The maximum atomic E-state index is 12.0. The van der Waals surface area contributed by atoms with Crippen LogP contribution in [-0.2, 0) is 27.3 Å². The molecule has 0 fully saturated rings. The molecule has 104 valence electrons. The smallest absolute Gasteiger partial charge is 0.307 e. The van der Waals surface area contributed by atoms with Gasteiger partial charge in [0, 0.05) is 11.1 Å². The fourth-order valence-corrected chi connectivity index (χ4v) is 2.18. The van der Waals surface area contributed by atoms with E-state index >= 15 is 0 Å². The number of aliphatic carboxylic acids is 1. The minimum absolute atomic E-state index is 0.107. The van der Waals surface area contributed by atoms with E-state index < -0.39 is 5.97 Å². The van der Waals surface area contributed by atoms with E-state index in [9.17, 15) is 14.4 Å². The summed E-state index contributed by atoms with van der Waals surface area (Å²) in [4.78, 5) is 36.0. The van der Waals surface area contributed by atoms with E-state index in [0.29, 0.717) is 22.3 Å². The van der Waals surface area contributed by atoms with Crippen LogP contribution < -0.4 is 0 Å². The highest BCUT2D eigenvalue weighted by atomic mass is 16.4. The standard InChI is InChI=1S/C15H15NO4/c1-9-10(2)15(20)16(14(9)19)8-12-6-4-3-5-11(12)7-13(17)18/h3-6H,7-8H2,1-2H3,(H,17,18). The van der Waals surface area contributed by atoms with Crippen LogP contribution in [0.2, 0.25) is 0 Å². The van der Waals surface area contributed by atoms with Gasteiger partial charge in [-0.25, -0.2) is 0 Å². The van der Waals surface area contributed by atoms with Gasteiger partial charge in [-0.05, 0) is 25.0 Å². The van der Waals surface area contributed by atoms with Gasteiger partial charge in [0.1, 0.15) is 0 Å². The molecule has 0 spiro atoms. The lowest BCUT2D eigenvalue weighted by Gasteiger charge is -2.17. The first-order valence-corrected chi connectivity index (χ1v) is 6.24. The minimum Gasteiger partial charge on any atom is -0.481 e. The summed E-state index contributed by atoms with van der Waals surface area (Å²) in [5.41, 5.74) is 2.19. The van der Waals surface area contributed by atoms with Gasteiger partial charge < -0.3 is 5.11 Å². The normalized spacial score (nSPS) is 15.2. The third-order valence-corrected chi connectivity index (χ3v) is 3.48. The molecule has 1 aliphatic heterocycles. The molecule has 1 aliphatic rings.